The van der Waals surface area contributed by atoms with Crippen LogP contribution in [0.2, 0.25) is 0 Å². The van der Waals surface area contributed by atoms with Gasteiger partial charge in [-0.3, -0.25) is 0 Å². The molecule has 1 aromatic carbocycles. The highest BCUT2D eigenvalue weighted by molar-refractivity contribution is 9.10. The highest BCUT2D eigenvalue weighted by Crippen LogP contribution is 2.18. The summed E-state index contributed by atoms with van der Waals surface area (Å²) in [5.74, 6) is -0.569. The Morgan fingerprint density at radius 2 is 2.07 bits per heavy atom. The standard InChI is InChI=1S/C9H11BrFNO2S/c10-8-5-7(1-2-9(8)11)6-15(13,14)4-3-12/h1-2,5H,3-4,6,12H2. The molecule has 0 saturated heterocycles. The van der Waals surface area contributed by atoms with Crippen LogP contribution in [0.15, 0.2) is 22.7 Å². The van der Waals surface area contributed by atoms with E-state index in [1.54, 1.807) is 0 Å². The summed E-state index contributed by atoms with van der Waals surface area (Å²) in [4.78, 5) is 0. The lowest BCUT2D eigenvalue weighted by molar-refractivity contribution is 0.594. The number of nitrogens with two attached hydrogens (primary N) is 1. The molecule has 0 fully saturated rings. The Labute approximate surface area is 96.5 Å². The number of rotatable bonds is 4. The van der Waals surface area contributed by atoms with Crippen LogP contribution in [-0.2, 0) is 15.6 Å². The molecule has 6 heteroatoms. The number of sulfone groups is 1. The van der Waals surface area contributed by atoms with Gasteiger partial charge in [0.05, 0.1) is 16.0 Å². The first-order valence-electron chi connectivity index (χ1n) is 4.29. The Bertz CT molecular complexity index is 447. The molecule has 0 atom stereocenters. The molecule has 1 rings (SSSR count). The van der Waals surface area contributed by atoms with Crippen LogP contribution in [0.4, 0.5) is 4.39 Å². The molecule has 0 unspecified atom stereocenters. The van der Waals surface area contributed by atoms with Gasteiger partial charge in [-0.1, -0.05) is 6.07 Å². The van der Waals surface area contributed by atoms with E-state index in [0.717, 1.165) is 0 Å². The molecule has 0 heterocycles. The molecule has 0 aliphatic carbocycles. The summed E-state index contributed by atoms with van der Waals surface area (Å²) < 4.78 is 35.9. The van der Waals surface area contributed by atoms with Gasteiger partial charge >= 0.3 is 0 Å². The van der Waals surface area contributed by atoms with Crippen molar-refractivity contribution in [2.75, 3.05) is 12.3 Å². The van der Waals surface area contributed by atoms with Crippen molar-refractivity contribution >= 4 is 25.8 Å². The van der Waals surface area contributed by atoms with E-state index in [9.17, 15) is 12.8 Å². The minimum Gasteiger partial charge on any atom is -0.329 e. The van der Waals surface area contributed by atoms with Gasteiger partial charge in [0.15, 0.2) is 9.84 Å². The summed E-state index contributed by atoms with van der Waals surface area (Å²) in [6, 6.07) is 4.15. The topological polar surface area (TPSA) is 60.2 Å². The Balaban J connectivity index is 2.86. The van der Waals surface area contributed by atoms with Crippen molar-refractivity contribution < 1.29 is 12.8 Å². The van der Waals surface area contributed by atoms with E-state index < -0.39 is 15.7 Å². The van der Waals surface area contributed by atoms with Gasteiger partial charge < -0.3 is 5.73 Å². The number of hydrogen-bond donors (Lipinski definition) is 1. The van der Waals surface area contributed by atoms with E-state index in [0.29, 0.717) is 5.56 Å². The van der Waals surface area contributed by atoms with Crippen molar-refractivity contribution in [1.29, 1.82) is 0 Å². The van der Waals surface area contributed by atoms with Crippen LogP contribution in [0.5, 0.6) is 0 Å². The normalized spacial score (nSPS) is 11.7. The SMILES string of the molecule is NCCS(=O)(=O)Cc1ccc(F)c(Br)c1. The highest BCUT2D eigenvalue weighted by Gasteiger charge is 2.11. The highest BCUT2D eigenvalue weighted by atomic mass is 79.9. The van der Waals surface area contributed by atoms with E-state index in [4.69, 9.17) is 5.73 Å². The molecule has 0 aliphatic rings. The van der Waals surface area contributed by atoms with Crippen LogP contribution in [0.25, 0.3) is 0 Å². The van der Waals surface area contributed by atoms with E-state index in [1.807, 2.05) is 0 Å². The van der Waals surface area contributed by atoms with Crippen LogP contribution >= 0.6 is 15.9 Å². The number of halogens is 2. The maximum Gasteiger partial charge on any atom is 0.155 e. The van der Waals surface area contributed by atoms with Crippen molar-refractivity contribution in [3.8, 4) is 0 Å². The maximum atomic E-state index is 12.9. The quantitative estimate of drug-likeness (QED) is 0.915. The van der Waals surface area contributed by atoms with Gasteiger partial charge in [-0.2, -0.15) is 0 Å². The first kappa shape index (κ1) is 12.6. The summed E-state index contributed by atoms with van der Waals surface area (Å²) in [5, 5.41) is 0. The molecule has 0 aliphatic heterocycles. The smallest absolute Gasteiger partial charge is 0.155 e. The fourth-order valence-electron chi connectivity index (χ4n) is 1.14. The van der Waals surface area contributed by atoms with Gasteiger partial charge in [0.25, 0.3) is 0 Å². The third-order valence-corrected chi connectivity index (χ3v) is 4.04. The largest absolute Gasteiger partial charge is 0.329 e. The minimum atomic E-state index is -3.18. The van der Waals surface area contributed by atoms with Crippen molar-refractivity contribution in [1.82, 2.24) is 0 Å². The molecule has 3 nitrogen and oxygen atoms in total. The summed E-state index contributed by atoms with van der Waals surface area (Å²) in [6.07, 6.45) is 0. The molecule has 1 aromatic rings. The summed E-state index contributed by atoms with van der Waals surface area (Å²) >= 11 is 3.00. The van der Waals surface area contributed by atoms with Crippen molar-refractivity contribution in [3.63, 3.8) is 0 Å². The van der Waals surface area contributed by atoms with Gasteiger partial charge in [0.2, 0.25) is 0 Å². The molecule has 0 saturated carbocycles. The van der Waals surface area contributed by atoms with Crippen LogP contribution in [0, 0.1) is 5.82 Å². The van der Waals surface area contributed by atoms with Gasteiger partial charge in [-0.05, 0) is 33.6 Å². The monoisotopic (exact) mass is 295 g/mol. The second-order valence-corrected chi connectivity index (χ2v) is 6.17. The predicted octanol–water partition coefficient (Wildman–Crippen LogP) is 1.46. The first-order chi connectivity index (χ1) is 6.94. The molecule has 84 valence electrons. The molecule has 2 N–H and O–H groups in total. The van der Waals surface area contributed by atoms with Crippen LogP contribution in [0.3, 0.4) is 0 Å². The predicted molar refractivity (Wildman–Crippen MR) is 60.6 cm³/mol. The van der Waals surface area contributed by atoms with E-state index in [1.165, 1.54) is 18.2 Å². The van der Waals surface area contributed by atoms with Crippen LogP contribution in [0.1, 0.15) is 5.56 Å². The fourth-order valence-corrected chi connectivity index (χ4v) is 2.75. The Hall–Kier alpha value is -0.460. The zero-order chi connectivity index (χ0) is 11.5. The number of benzene rings is 1. The zero-order valence-electron chi connectivity index (χ0n) is 7.91. The van der Waals surface area contributed by atoms with Crippen LogP contribution < -0.4 is 5.73 Å². The van der Waals surface area contributed by atoms with E-state index in [2.05, 4.69) is 15.9 Å². The third-order valence-electron chi connectivity index (χ3n) is 1.80. The molecule has 0 radical (unpaired) electrons. The number of hydrogen-bond acceptors (Lipinski definition) is 3. The maximum absolute atomic E-state index is 12.9. The molecule has 15 heavy (non-hydrogen) atoms. The van der Waals surface area contributed by atoms with Gasteiger partial charge in [0.1, 0.15) is 5.82 Å². The Morgan fingerprint density at radius 1 is 1.40 bits per heavy atom. The minimum absolute atomic E-state index is 0.0536. The van der Waals surface area contributed by atoms with E-state index >= 15 is 0 Å². The Kier molecular flexibility index (Phi) is 4.24. The average Bonchev–Trinajstić information content (AvgIpc) is 2.10. The van der Waals surface area contributed by atoms with Crippen LogP contribution in [-0.4, -0.2) is 20.7 Å². The second kappa shape index (κ2) is 5.05. The lowest BCUT2D eigenvalue weighted by atomic mass is 10.2. The molecular formula is C9H11BrFNO2S. The van der Waals surface area contributed by atoms with E-state index in [-0.39, 0.29) is 22.5 Å². The lowest BCUT2D eigenvalue weighted by Crippen LogP contribution is -2.17. The summed E-state index contributed by atoms with van der Waals surface area (Å²) in [7, 11) is -3.18. The molecule has 0 bridgehead atoms. The average molecular weight is 296 g/mol. The van der Waals surface area contributed by atoms with Gasteiger partial charge in [-0.25, -0.2) is 12.8 Å². The molecule has 0 spiro atoms. The fraction of sp³-hybridized carbons (Fsp3) is 0.333. The third kappa shape index (κ3) is 3.89. The molecule has 0 amide bonds. The van der Waals surface area contributed by atoms with Gasteiger partial charge in [0, 0.05) is 6.54 Å². The zero-order valence-corrected chi connectivity index (χ0v) is 10.3. The van der Waals surface area contributed by atoms with Crippen molar-refractivity contribution in [2.45, 2.75) is 5.75 Å². The molecule has 0 aromatic heterocycles. The van der Waals surface area contributed by atoms with Crippen molar-refractivity contribution in [2.24, 2.45) is 5.73 Å². The van der Waals surface area contributed by atoms with Gasteiger partial charge in [-0.15, -0.1) is 0 Å². The second-order valence-electron chi connectivity index (χ2n) is 3.13. The van der Waals surface area contributed by atoms with Crippen molar-refractivity contribution in [3.05, 3.63) is 34.1 Å². The summed E-state index contributed by atoms with van der Waals surface area (Å²) in [5.41, 5.74) is 5.73. The first-order valence-corrected chi connectivity index (χ1v) is 6.90. The summed E-state index contributed by atoms with van der Waals surface area (Å²) in [6.45, 7) is 0.102. The Morgan fingerprint density at radius 3 is 2.60 bits per heavy atom. The lowest BCUT2D eigenvalue weighted by Gasteiger charge is -2.03. The molecular weight excluding hydrogens is 285 g/mol.